The van der Waals surface area contributed by atoms with E-state index in [2.05, 4.69) is 17.2 Å². The Morgan fingerprint density at radius 1 is 0.860 bits per heavy atom. The molecule has 0 aliphatic rings. The molecule has 0 radical (unpaired) electrons. The Morgan fingerprint density at radius 3 is 2.14 bits per heavy atom. The molecule has 0 saturated carbocycles. The summed E-state index contributed by atoms with van der Waals surface area (Å²) >= 11 is 0. The third kappa shape index (κ3) is 8.80. The van der Waals surface area contributed by atoms with Gasteiger partial charge in [0.15, 0.2) is 0 Å². The summed E-state index contributed by atoms with van der Waals surface area (Å²) in [5, 5.41) is 17.2. The molecule has 0 saturated heterocycles. The molecule has 1 unspecified atom stereocenters. The van der Waals surface area contributed by atoms with E-state index in [-0.39, 0.29) is 19.0 Å². The number of hydrogen-bond donors (Lipinski definition) is 3. The van der Waals surface area contributed by atoms with Crippen LogP contribution in [0.4, 0.5) is 24.5 Å². The van der Waals surface area contributed by atoms with Gasteiger partial charge in [0.05, 0.1) is 17.7 Å². The van der Waals surface area contributed by atoms with E-state index in [1.165, 1.54) is 6.07 Å². The normalized spacial score (nSPS) is 12.8. The summed E-state index contributed by atoms with van der Waals surface area (Å²) in [6.45, 7) is 6.12. The van der Waals surface area contributed by atoms with E-state index in [1.54, 1.807) is 18.2 Å². The van der Waals surface area contributed by atoms with Gasteiger partial charge >= 0.3 is 6.18 Å². The molecule has 8 heteroatoms. The number of hydrogen-bond acceptors (Lipinski definition) is 4. The van der Waals surface area contributed by atoms with E-state index in [0.29, 0.717) is 17.5 Å². The van der Waals surface area contributed by atoms with Crippen LogP contribution in [0.1, 0.15) is 39.5 Å². The third-order valence-electron chi connectivity index (χ3n) is 7.22. The predicted molar refractivity (Wildman–Crippen MR) is 166 cm³/mol. The number of benzene rings is 4. The van der Waals surface area contributed by atoms with Crippen molar-refractivity contribution in [3.8, 4) is 0 Å². The average molecular weight is 588 g/mol. The van der Waals surface area contributed by atoms with Crippen LogP contribution in [0.15, 0.2) is 110 Å². The van der Waals surface area contributed by atoms with Crippen molar-refractivity contribution in [3.05, 3.63) is 138 Å². The molecule has 0 aromatic heterocycles. The second kappa shape index (κ2) is 14.2. The molecule has 224 valence electrons. The van der Waals surface area contributed by atoms with Gasteiger partial charge in [0.2, 0.25) is 0 Å². The largest absolute Gasteiger partial charge is 0.416 e. The Hall–Kier alpha value is -4.40. The Kier molecular flexibility index (Phi) is 10.4. The first-order chi connectivity index (χ1) is 20.5. The van der Waals surface area contributed by atoms with Crippen LogP contribution in [-0.2, 0) is 19.1 Å². The van der Waals surface area contributed by atoms with Crippen LogP contribution in [0.3, 0.4) is 0 Å². The summed E-state index contributed by atoms with van der Waals surface area (Å²) in [5.74, 6) is -0.358. The number of nitrogens with one attached hydrogen (secondary N) is 2. The Balaban J connectivity index is 1.53. The number of aliphatic hydroxyl groups is 1. The molecular formula is C35H36F3N3O2. The van der Waals surface area contributed by atoms with E-state index >= 15 is 0 Å². The predicted octanol–water partition coefficient (Wildman–Crippen LogP) is 7.00. The van der Waals surface area contributed by atoms with Gasteiger partial charge in [-0.25, -0.2) is 0 Å². The first-order valence-corrected chi connectivity index (χ1v) is 14.0. The first kappa shape index (κ1) is 31.5. The van der Waals surface area contributed by atoms with Crippen molar-refractivity contribution in [2.24, 2.45) is 0 Å². The quantitative estimate of drug-likeness (QED) is 0.167. The van der Waals surface area contributed by atoms with Gasteiger partial charge < -0.3 is 20.6 Å². The third-order valence-corrected chi connectivity index (χ3v) is 7.22. The number of allylic oxidation sites excluding steroid dienone is 1. The van der Waals surface area contributed by atoms with E-state index in [0.717, 1.165) is 40.2 Å². The molecule has 0 aliphatic carbocycles. The number of halogens is 3. The summed E-state index contributed by atoms with van der Waals surface area (Å²) in [7, 11) is 1.92. The maximum absolute atomic E-state index is 13.7. The lowest BCUT2D eigenvalue weighted by Crippen LogP contribution is -2.48. The van der Waals surface area contributed by atoms with Gasteiger partial charge in [-0.15, -0.1) is 0 Å². The van der Waals surface area contributed by atoms with Crippen molar-refractivity contribution >= 4 is 22.9 Å². The van der Waals surface area contributed by atoms with Gasteiger partial charge in [-0.3, -0.25) is 4.79 Å². The van der Waals surface area contributed by atoms with Crippen molar-refractivity contribution in [1.29, 1.82) is 0 Å². The SMILES string of the molecule is C=C(C)c1cc(C(=O)N[C@@H](Cc2ccccc2)C(O)CNCc2cccc(C(F)(F)F)c2)cc(N(C)c2ccccc2)c1. The van der Waals surface area contributed by atoms with Crippen molar-refractivity contribution in [1.82, 2.24) is 10.6 Å². The minimum absolute atomic E-state index is 0.0574. The van der Waals surface area contributed by atoms with Crippen LogP contribution in [0.5, 0.6) is 0 Å². The number of rotatable bonds is 12. The summed E-state index contributed by atoms with van der Waals surface area (Å²) in [5.41, 5.74) is 4.43. The van der Waals surface area contributed by atoms with Crippen LogP contribution < -0.4 is 15.5 Å². The number of anilines is 2. The van der Waals surface area contributed by atoms with Crippen molar-refractivity contribution in [3.63, 3.8) is 0 Å². The topological polar surface area (TPSA) is 64.6 Å². The lowest BCUT2D eigenvalue weighted by Gasteiger charge is -2.26. The molecule has 2 atom stereocenters. The average Bonchev–Trinajstić information content (AvgIpc) is 3.00. The standard InChI is InChI=1S/C35H36F3N3O2/c1-24(2)27-19-28(21-31(20-27)41(3)30-15-8-5-9-16-30)34(43)40-32(18-25-11-6-4-7-12-25)33(42)23-39-22-26-13-10-14-29(17-26)35(36,37)38/h4-17,19-21,32-33,39,42H,1,18,22-23H2,2-3H3,(H,40,43)/t32-,33?/m0/s1. The van der Waals surface area contributed by atoms with Crippen molar-refractivity contribution < 1.29 is 23.1 Å². The van der Waals surface area contributed by atoms with Gasteiger partial charge in [0.1, 0.15) is 0 Å². The fraction of sp³-hybridized carbons (Fsp3) is 0.229. The molecule has 4 aromatic rings. The van der Waals surface area contributed by atoms with E-state index in [9.17, 15) is 23.1 Å². The number of alkyl halides is 3. The van der Waals surface area contributed by atoms with Crippen LogP contribution in [0.25, 0.3) is 5.57 Å². The molecule has 4 rings (SSSR count). The van der Waals surface area contributed by atoms with Gasteiger partial charge in [0.25, 0.3) is 5.91 Å². The fourth-order valence-electron chi connectivity index (χ4n) is 4.75. The molecule has 1 amide bonds. The number of carbonyl (C=O) groups excluding carboxylic acids is 1. The van der Waals surface area contributed by atoms with Gasteiger partial charge in [-0.05, 0) is 66.4 Å². The second-order valence-corrected chi connectivity index (χ2v) is 10.6. The van der Waals surface area contributed by atoms with Gasteiger partial charge in [-0.1, -0.05) is 78.9 Å². The number of carbonyl (C=O) groups is 1. The zero-order valence-corrected chi connectivity index (χ0v) is 24.2. The summed E-state index contributed by atoms with van der Waals surface area (Å²) in [4.78, 5) is 15.6. The first-order valence-electron chi connectivity index (χ1n) is 14.0. The number of para-hydroxylation sites is 1. The minimum atomic E-state index is -4.43. The summed E-state index contributed by atoms with van der Waals surface area (Å²) < 4.78 is 39.3. The lowest BCUT2D eigenvalue weighted by molar-refractivity contribution is -0.137. The molecule has 5 nitrogen and oxygen atoms in total. The Morgan fingerprint density at radius 2 is 1.49 bits per heavy atom. The van der Waals surface area contributed by atoms with Crippen molar-refractivity contribution in [2.75, 3.05) is 18.5 Å². The van der Waals surface area contributed by atoms with Crippen LogP contribution in [0.2, 0.25) is 0 Å². The molecule has 0 heterocycles. The van der Waals surface area contributed by atoms with Gasteiger partial charge in [-0.2, -0.15) is 13.2 Å². The van der Waals surface area contributed by atoms with Crippen molar-refractivity contribution in [2.45, 2.75) is 38.2 Å². The molecule has 0 spiro atoms. The zero-order chi connectivity index (χ0) is 31.0. The molecule has 4 aromatic carbocycles. The second-order valence-electron chi connectivity index (χ2n) is 10.6. The highest BCUT2D eigenvalue weighted by Crippen LogP contribution is 2.30. The molecule has 3 N–H and O–H groups in total. The minimum Gasteiger partial charge on any atom is -0.390 e. The van der Waals surface area contributed by atoms with Gasteiger partial charge in [0, 0.05) is 37.1 Å². The highest BCUT2D eigenvalue weighted by molar-refractivity contribution is 5.96. The molecule has 0 bridgehead atoms. The monoisotopic (exact) mass is 587 g/mol. The maximum atomic E-state index is 13.7. The lowest BCUT2D eigenvalue weighted by atomic mass is 9.99. The smallest absolute Gasteiger partial charge is 0.390 e. The van der Waals surface area contributed by atoms with E-state index in [1.807, 2.05) is 85.6 Å². The Labute approximate surface area is 250 Å². The van der Waals surface area contributed by atoms with E-state index in [4.69, 9.17) is 0 Å². The highest BCUT2D eigenvalue weighted by atomic mass is 19.4. The number of nitrogens with zero attached hydrogens (tertiary/aromatic N) is 1. The summed E-state index contributed by atoms with van der Waals surface area (Å²) in [6, 6.07) is 29.2. The van der Waals surface area contributed by atoms with Crippen LogP contribution >= 0.6 is 0 Å². The highest BCUT2D eigenvalue weighted by Gasteiger charge is 2.30. The fourth-order valence-corrected chi connectivity index (χ4v) is 4.75. The molecule has 0 fully saturated rings. The molecule has 0 aliphatic heterocycles. The summed E-state index contributed by atoms with van der Waals surface area (Å²) in [6.07, 6.45) is -5.10. The van der Waals surface area contributed by atoms with E-state index < -0.39 is 23.9 Å². The number of amides is 1. The Bertz CT molecular complexity index is 1520. The molecular weight excluding hydrogens is 551 g/mol. The van der Waals surface area contributed by atoms with Crippen LogP contribution in [-0.4, -0.2) is 36.8 Å². The van der Waals surface area contributed by atoms with Crippen LogP contribution in [0, 0.1) is 0 Å². The maximum Gasteiger partial charge on any atom is 0.416 e. The molecule has 43 heavy (non-hydrogen) atoms. The zero-order valence-electron chi connectivity index (χ0n) is 24.2. The number of aliphatic hydroxyl groups excluding tert-OH is 1.